The minimum absolute atomic E-state index is 0.0917. The number of amides is 1. The molecule has 1 amide bonds. The summed E-state index contributed by atoms with van der Waals surface area (Å²) in [5, 5.41) is 0.939. The van der Waals surface area contributed by atoms with Crippen LogP contribution >= 0.6 is 11.3 Å². The van der Waals surface area contributed by atoms with E-state index in [1.54, 1.807) is 42.7 Å². The third-order valence-electron chi connectivity index (χ3n) is 7.18. The molecule has 2 aliphatic heterocycles. The number of hydrogen-bond acceptors (Lipinski definition) is 7. The van der Waals surface area contributed by atoms with Crippen molar-refractivity contribution in [2.24, 2.45) is 0 Å². The maximum atomic E-state index is 13.4. The first-order valence-corrected chi connectivity index (χ1v) is 14.9. The Labute approximate surface area is 226 Å². The molecule has 3 heterocycles. The Morgan fingerprint density at radius 3 is 2.47 bits per heavy atom. The van der Waals surface area contributed by atoms with Crippen molar-refractivity contribution < 1.29 is 17.9 Å². The Bertz CT molecular complexity index is 1590. The van der Waals surface area contributed by atoms with Crippen LogP contribution in [0.15, 0.2) is 71.6 Å². The van der Waals surface area contributed by atoms with Crippen molar-refractivity contribution >= 4 is 48.3 Å². The highest BCUT2D eigenvalue weighted by molar-refractivity contribution is 7.92. The van der Waals surface area contributed by atoms with Gasteiger partial charge in [0, 0.05) is 38.3 Å². The van der Waals surface area contributed by atoms with E-state index in [9.17, 15) is 13.2 Å². The van der Waals surface area contributed by atoms with Gasteiger partial charge in [-0.25, -0.2) is 13.4 Å². The van der Waals surface area contributed by atoms with Gasteiger partial charge in [-0.15, -0.1) is 0 Å². The third-order valence-corrected chi connectivity index (χ3v) is 10.1. The topological polar surface area (TPSA) is 83.0 Å². The van der Waals surface area contributed by atoms with Gasteiger partial charge in [0.15, 0.2) is 5.13 Å². The van der Waals surface area contributed by atoms with E-state index in [-0.39, 0.29) is 10.8 Å². The number of carbonyl (C=O) groups excluding carboxylic acids is 1. The Morgan fingerprint density at radius 1 is 0.947 bits per heavy atom. The molecule has 0 spiro atoms. The van der Waals surface area contributed by atoms with Gasteiger partial charge in [0.05, 0.1) is 27.9 Å². The number of carbonyl (C=O) groups is 1. The summed E-state index contributed by atoms with van der Waals surface area (Å²) >= 11 is 1.62. The largest absolute Gasteiger partial charge is 0.497 e. The van der Waals surface area contributed by atoms with E-state index in [1.165, 1.54) is 4.31 Å². The molecule has 0 radical (unpaired) electrons. The van der Waals surface area contributed by atoms with Gasteiger partial charge in [-0.1, -0.05) is 29.5 Å². The summed E-state index contributed by atoms with van der Waals surface area (Å²) in [6, 6.07) is 19.8. The third kappa shape index (κ3) is 4.48. The number of fused-ring (bicyclic) bond motifs is 2. The van der Waals surface area contributed by atoms with Crippen LogP contribution < -0.4 is 13.9 Å². The van der Waals surface area contributed by atoms with Crippen LogP contribution in [0, 0.1) is 0 Å². The number of methoxy groups -OCH3 is 1. The fourth-order valence-electron chi connectivity index (χ4n) is 5.08. The fourth-order valence-corrected chi connectivity index (χ4v) is 7.67. The average Bonchev–Trinajstić information content (AvgIpc) is 3.40. The number of anilines is 2. The standard InChI is InChI=1S/C28H28N4O4S2/c1-36-22-10-13-24-26(19-22)37-28(29-24)31-17-15-30(16-18-31)27(33)21-8-11-23(12-9-21)38(34,35)32-14-4-6-20-5-2-3-7-25(20)32/h2-3,5,7-13,19H,4,6,14-18H2,1H3. The summed E-state index contributed by atoms with van der Waals surface area (Å²) in [5.74, 6) is 0.716. The summed E-state index contributed by atoms with van der Waals surface area (Å²) in [6.45, 7) is 2.96. The van der Waals surface area contributed by atoms with Gasteiger partial charge in [0.1, 0.15) is 5.75 Å². The van der Waals surface area contributed by atoms with Crippen molar-refractivity contribution in [3.8, 4) is 5.75 Å². The summed E-state index contributed by atoms with van der Waals surface area (Å²) in [5.41, 5.74) is 3.21. The zero-order valence-electron chi connectivity index (χ0n) is 21.0. The van der Waals surface area contributed by atoms with Crippen molar-refractivity contribution in [3.63, 3.8) is 0 Å². The van der Waals surface area contributed by atoms with Crippen molar-refractivity contribution in [3.05, 3.63) is 77.9 Å². The number of para-hydroxylation sites is 1. The molecule has 0 unspecified atom stereocenters. The molecule has 10 heteroatoms. The molecule has 0 aliphatic carbocycles. The Morgan fingerprint density at radius 2 is 1.71 bits per heavy atom. The number of hydrogen-bond donors (Lipinski definition) is 0. The number of sulfonamides is 1. The molecule has 0 N–H and O–H groups in total. The molecule has 1 saturated heterocycles. The van der Waals surface area contributed by atoms with Crippen molar-refractivity contribution in [1.82, 2.24) is 9.88 Å². The molecular formula is C28H28N4O4S2. The molecule has 1 fully saturated rings. The van der Waals surface area contributed by atoms with E-state index >= 15 is 0 Å². The minimum Gasteiger partial charge on any atom is -0.497 e. The van der Waals surface area contributed by atoms with Crippen LogP contribution in [0.1, 0.15) is 22.3 Å². The Hall–Kier alpha value is -3.63. The second-order valence-electron chi connectivity index (χ2n) is 9.44. The van der Waals surface area contributed by atoms with E-state index in [2.05, 4.69) is 4.90 Å². The first kappa shape index (κ1) is 24.7. The molecule has 196 valence electrons. The first-order chi connectivity index (χ1) is 18.4. The molecule has 38 heavy (non-hydrogen) atoms. The normalized spacial score (nSPS) is 16.0. The lowest BCUT2D eigenvalue weighted by molar-refractivity contribution is 0.0746. The second-order valence-corrected chi connectivity index (χ2v) is 12.3. The summed E-state index contributed by atoms with van der Waals surface area (Å²) in [4.78, 5) is 22.2. The Kier molecular flexibility index (Phi) is 6.45. The predicted octanol–water partition coefficient (Wildman–Crippen LogP) is 4.41. The van der Waals surface area contributed by atoms with Crippen molar-refractivity contribution in [2.45, 2.75) is 17.7 Å². The summed E-state index contributed by atoms with van der Waals surface area (Å²) < 4.78 is 34.7. The minimum atomic E-state index is -3.71. The molecular weight excluding hydrogens is 520 g/mol. The molecule has 1 aromatic heterocycles. The molecule has 3 aromatic carbocycles. The number of ether oxygens (including phenoxy) is 1. The zero-order chi connectivity index (χ0) is 26.3. The number of rotatable bonds is 5. The maximum absolute atomic E-state index is 13.4. The van der Waals surface area contributed by atoms with Crippen LogP contribution in [0.2, 0.25) is 0 Å². The van der Waals surface area contributed by atoms with Gasteiger partial charge in [0.2, 0.25) is 0 Å². The molecule has 0 atom stereocenters. The van der Waals surface area contributed by atoms with Gasteiger partial charge in [-0.05, 0) is 66.9 Å². The molecule has 0 bridgehead atoms. The van der Waals surface area contributed by atoms with E-state index in [0.29, 0.717) is 38.3 Å². The highest BCUT2D eigenvalue weighted by Gasteiger charge is 2.30. The number of aromatic nitrogens is 1. The number of aryl methyl sites for hydroxylation is 1. The van der Waals surface area contributed by atoms with Gasteiger partial charge in [-0.2, -0.15) is 0 Å². The lowest BCUT2D eigenvalue weighted by Gasteiger charge is -2.34. The van der Waals surface area contributed by atoms with E-state index in [0.717, 1.165) is 45.2 Å². The van der Waals surface area contributed by atoms with Crippen LogP contribution in [-0.2, 0) is 16.4 Å². The second kappa shape index (κ2) is 9.92. The monoisotopic (exact) mass is 548 g/mol. The van der Waals surface area contributed by atoms with Crippen LogP contribution in [-0.4, -0.2) is 64.0 Å². The van der Waals surface area contributed by atoms with Crippen molar-refractivity contribution in [1.29, 1.82) is 0 Å². The number of nitrogens with zero attached hydrogens (tertiary/aromatic N) is 4. The predicted molar refractivity (Wildman–Crippen MR) is 150 cm³/mol. The van der Waals surface area contributed by atoms with Gasteiger partial charge < -0.3 is 14.5 Å². The van der Waals surface area contributed by atoms with Crippen LogP contribution in [0.4, 0.5) is 10.8 Å². The number of benzene rings is 3. The van der Waals surface area contributed by atoms with Gasteiger partial charge in [0.25, 0.3) is 15.9 Å². The van der Waals surface area contributed by atoms with E-state index in [1.807, 2.05) is 47.4 Å². The first-order valence-electron chi connectivity index (χ1n) is 12.6. The lowest BCUT2D eigenvalue weighted by Crippen LogP contribution is -2.48. The lowest BCUT2D eigenvalue weighted by atomic mass is 10.0. The van der Waals surface area contributed by atoms with E-state index < -0.39 is 10.0 Å². The molecule has 8 nitrogen and oxygen atoms in total. The van der Waals surface area contributed by atoms with Crippen molar-refractivity contribution in [2.75, 3.05) is 49.0 Å². The van der Waals surface area contributed by atoms with Gasteiger partial charge in [-0.3, -0.25) is 9.10 Å². The SMILES string of the molecule is COc1ccc2nc(N3CCN(C(=O)c4ccc(S(=O)(=O)N5CCCc6ccccc65)cc4)CC3)sc2c1. The molecule has 6 rings (SSSR count). The van der Waals surface area contributed by atoms with Crippen LogP contribution in [0.5, 0.6) is 5.75 Å². The average molecular weight is 549 g/mol. The van der Waals surface area contributed by atoms with E-state index in [4.69, 9.17) is 9.72 Å². The Balaban J connectivity index is 1.13. The van der Waals surface area contributed by atoms with Crippen LogP contribution in [0.3, 0.4) is 0 Å². The fraction of sp³-hybridized carbons (Fsp3) is 0.286. The number of piperazine rings is 1. The highest BCUT2D eigenvalue weighted by atomic mass is 32.2. The zero-order valence-corrected chi connectivity index (χ0v) is 22.7. The maximum Gasteiger partial charge on any atom is 0.264 e. The summed E-state index contributed by atoms with van der Waals surface area (Å²) in [7, 11) is -2.06. The quantitative estimate of drug-likeness (QED) is 0.368. The van der Waals surface area contributed by atoms with Crippen LogP contribution in [0.25, 0.3) is 10.2 Å². The highest BCUT2D eigenvalue weighted by Crippen LogP contribution is 2.33. The summed E-state index contributed by atoms with van der Waals surface area (Å²) in [6.07, 6.45) is 1.65. The number of thiazole rings is 1. The molecule has 4 aromatic rings. The molecule has 2 aliphatic rings. The molecule has 0 saturated carbocycles. The smallest absolute Gasteiger partial charge is 0.264 e. The van der Waals surface area contributed by atoms with Gasteiger partial charge >= 0.3 is 0 Å².